The molecule has 1 aromatic carbocycles. The van der Waals surface area contributed by atoms with Crippen LogP contribution in [0.5, 0.6) is 0 Å². The van der Waals surface area contributed by atoms with Gasteiger partial charge in [-0.1, -0.05) is 6.07 Å². The molecule has 17 heavy (non-hydrogen) atoms. The van der Waals surface area contributed by atoms with Crippen LogP contribution in [0.15, 0.2) is 18.2 Å². The van der Waals surface area contributed by atoms with E-state index in [2.05, 4.69) is 5.32 Å². The molecule has 1 aromatic rings. The fourth-order valence-corrected chi connectivity index (χ4v) is 1.99. The van der Waals surface area contributed by atoms with Crippen LogP contribution < -0.4 is 5.32 Å². The molecule has 1 aliphatic rings. The lowest BCUT2D eigenvalue weighted by atomic mass is 10.1. The van der Waals surface area contributed by atoms with Crippen LogP contribution in [0.3, 0.4) is 0 Å². The van der Waals surface area contributed by atoms with Crippen LogP contribution in [0.4, 0.5) is 8.78 Å². The second kappa shape index (κ2) is 5.56. The monoisotopic (exact) mass is 241 g/mol. The van der Waals surface area contributed by atoms with E-state index in [1.54, 1.807) is 6.07 Å². The third kappa shape index (κ3) is 3.23. The Labute approximate surface area is 100.0 Å². The summed E-state index contributed by atoms with van der Waals surface area (Å²) in [5.74, 6) is -1.06. The Morgan fingerprint density at radius 2 is 2.24 bits per heavy atom. The normalized spacial score (nSPS) is 21.7. The third-order valence-corrected chi connectivity index (χ3v) is 3.18. The quantitative estimate of drug-likeness (QED) is 0.875. The van der Waals surface area contributed by atoms with Gasteiger partial charge >= 0.3 is 0 Å². The van der Waals surface area contributed by atoms with Crippen LogP contribution in [-0.4, -0.2) is 19.8 Å². The smallest absolute Gasteiger partial charge is 0.159 e. The second-order valence-electron chi connectivity index (χ2n) is 4.53. The molecular formula is C13H17F2NO. The predicted octanol–water partition coefficient (Wildman–Crippen LogP) is 2.65. The van der Waals surface area contributed by atoms with Crippen LogP contribution in [0, 0.1) is 17.6 Å². The van der Waals surface area contributed by atoms with Crippen molar-refractivity contribution in [3.63, 3.8) is 0 Å². The largest absolute Gasteiger partial charge is 0.381 e. The Balaban J connectivity index is 1.89. The molecule has 0 spiro atoms. The Hall–Kier alpha value is -1.00. The van der Waals surface area contributed by atoms with Crippen molar-refractivity contribution < 1.29 is 13.5 Å². The highest BCUT2D eigenvalue weighted by Gasteiger charge is 2.16. The Kier molecular flexibility index (Phi) is 4.07. The molecule has 0 aromatic heterocycles. The molecule has 1 aliphatic heterocycles. The number of rotatable bonds is 4. The van der Waals surface area contributed by atoms with Crippen molar-refractivity contribution in [1.82, 2.24) is 5.32 Å². The standard InChI is InChI=1S/C13H17F2NO/c1-9(16-7-10-4-5-17-8-10)11-2-3-12(14)13(15)6-11/h2-3,6,9-10,16H,4-5,7-8H2,1H3. The van der Waals surface area contributed by atoms with Crippen LogP contribution in [0.25, 0.3) is 0 Å². The summed E-state index contributed by atoms with van der Waals surface area (Å²) in [6.45, 7) is 4.41. The first-order chi connectivity index (χ1) is 8.16. The number of halogens is 2. The topological polar surface area (TPSA) is 21.3 Å². The van der Waals surface area contributed by atoms with E-state index in [-0.39, 0.29) is 6.04 Å². The molecule has 1 saturated heterocycles. The number of hydrogen-bond acceptors (Lipinski definition) is 2. The average molecular weight is 241 g/mol. The summed E-state index contributed by atoms with van der Waals surface area (Å²) in [6, 6.07) is 4.05. The van der Waals surface area contributed by atoms with Gasteiger partial charge < -0.3 is 10.1 Å². The first-order valence-corrected chi connectivity index (χ1v) is 5.93. The van der Waals surface area contributed by atoms with Gasteiger partial charge in [-0.3, -0.25) is 0 Å². The van der Waals surface area contributed by atoms with E-state index in [1.165, 1.54) is 12.1 Å². The molecule has 1 heterocycles. The molecule has 2 atom stereocenters. The van der Waals surface area contributed by atoms with Crippen molar-refractivity contribution in [3.05, 3.63) is 35.4 Å². The molecule has 2 unspecified atom stereocenters. The van der Waals surface area contributed by atoms with Gasteiger partial charge in [0.15, 0.2) is 11.6 Å². The van der Waals surface area contributed by atoms with Crippen molar-refractivity contribution >= 4 is 0 Å². The van der Waals surface area contributed by atoms with Crippen molar-refractivity contribution in [2.75, 3.05) is 19.8 Å². The van der Waals surface area contributed by atoms with E-state index in [0.29, 0.717) is 5.92 Å². The minimum absolute atomic E-state index is 0.0192. The van der Waals surface area contributed by atoms with Crippen LogP contribution in [-0.2, 0) is 4.74 Å². The average Bonchev–Trinajstić information content (AvgIpc) is 2.82. The van der Waals surface area contributed by atoms with Crippen molar-refractivity contribution in [3.8, 4) is 0 Å². The molecule has 0 aliphatic carbocycles. The van der Waals surface area contributed by atoms with Gasteiger partial charge in [0.25, 0.3) is 0 Å². The lowest BCUT2D eigenvalue weighted by molar-refractivity contribution is 0.184. The van der Waals surface area contributed by atoms with Crippen LogP contribution in [0.1, 0.15) is 24.9 Å². The van der Waals surface area contributed by atoms with E-state index < -0.39 is 11.6 Å². The molecule has 94 valence electrons. The van der Waals surface area contributed by atoms with E-state index >= 15 is 0 Å². The summed E-state index contributed by atoms with van der Waals surface area (Å²) in [7, 11) is 0. The van der Waals surface area contributed by atoms with E-state index in [1.807, 2.05) is 6.92 Å². The Bertz CT molecular complexity index is 378. The summed E-state index contributed by atoms with van der Waals surface area (Å²) < 4.78 is 31.1. The molecule has 0 saturated carbocycles. The zero-order valence-corrected chi connectivity index (χ0v) is 9.88. The lowest BCUT2D eigenvalue weighted by Gasteiger charge is -2.17. The fourth-order valence-electron chi connectivity index (χ4n) is 1.99. The molecule has 1 fully saturated rings. The highest BCUT2D eigenvalue weighted by atomic mass is 19.2. The maximum atomic E-state index is 13.1. The minimum Gasteiger partial charge on any atom is -0.381 e. The van der Waals surface area contributed by atoms with Gasteiger partial charge in [0, 0.05) is 19.2 Å². The highest BCUT2D eigenvalue weighted by Crippen LogP contribution is 2.17. The van der Waals surface area contributed by atoms with Gasteiger partial charge in [-0.2, -0.15) is 0 Å². The first-order valence-electron chi connectivity index (χ1n) is 5.93. The fraction of sp³-hybridized carbons (Fsp3) is 0.538. The van der Waals surface area contributed by atoms with Crippen molar-refractivity contribution in [2.24, 2.45) is 5.92 Å². The van der Waals surface area contributed by atoms with Crippen LogP contribution in [0.2, 0.25) is 0 Å². The third-order valence-electron chi connectivity index (χ3n) is 3.18. The maximum absolute atomic E-state index is 13.1. The number of ether oxygens (including phenoxy) is 1. The van der Waals surface area contributed by atoms with Gasteiger partial charge in [0.2, 0.25) is 0 Å². The summed E-state index contributed by atoms with van der Waals surface area (Å²) in [6.07, 6.45) is 1.07. The molecular weight excluding hydrogens is 224 g/mol. The summed E-state index contributed by atoms with van der Waals surface area (Å²) in [5, 5.41) is 3.32. The summed E-state index contributed by atoms with van der Waals surface area (Å²) in [4.78, 5) is 0. The van der Waals surface area contributed by atoms with Gasteiger partial charge in [-0.05, 0) is 37.0 Å². The second-order valence-corrected chi connectivity index (χ2v) is 4.53. The number of benzene rings is 1. The molecule has 4 heteroatoms. The first kappa shape index (κ1) is 12.5. The van der Waals surface area contributed by atoms with E-state index in [0.717, 1.165) is 31.7 Å². The highest BCUT2D eigenvalue weighted by molar-refractivity contribution is 5.20. The molecule has 0 bridgehead atoms. The number of nitrogens with one attached hydrogen (secondary N) is 1. The van der Waals surface area contributed by atoms with E-state index in [4.69, 9.17) is 4.74 Å². The van der Waals surface area contributed by atoms with Gasteiger partial charge in [-0.15, -0.1) is 0 Å². The molecule has 2 nitrogen and oxygen atoms in total. The van der Waals surface area contributed by atoms with Crippen molar-refractivity contribution in [2.45, 2.75) is 19.4 Å². The molecule has 0 amide bonds. The van der Waals surface area contributed by atoms with Gasteiger partial charge in [0.1, 0.15) is 0 Å². The Morgan fingerprint density at radius 3 is 2.88 bits per heavy atom. The summed E-state index contributed by atoms with van der Waals surface area (Å²) in [5.41, 5.74) is 0.766. The zero-order valence-electron chi connectivity index (χ0n) is 9.88. The number of hydrogen-bond donors (Lipinski definition) is 1. The SMILES string of the molecule is CC(NCC1CCOC1)c1ccc(F)c(F)c1. The molecule has 1 N–H and O–H groups in total. The van der Waals surface area contributed by atoms with Gasteiger partial charge in [-0.25, -0.2) is 8.78 Å². The maximum Gasteiger partial charge on any atom is 0.159 e. The van der Waals surface area contributed by atoms with Crippen molar-refractivity contribution in [1.29, 1.82) is 0 Å². The summed E-state index contributed by atoms with van der Waals surface area (Å²) >= 11 is 0. The zero-order chi connectivity index (χ0) is 12.3. The van der Waals surface area contributed by atoms with Gasteiger partial charge in [0.05, 0.1) is 6.61 Å². The lowest BCUT2D eigenvalue weighted by Crippen LogP contribution is -2.26. The molecule has 0 radical (unpaired) electrons. The molecule has 2 rings (SSSR count). The van der Waals surface area contributed by atoms with Crippen LogP contribution >= 0.6 is 0 Å². The minimum atomic E-state index is -0.801. The predicted molar refractivity (Wildman–Crippen MR) is 61.7 cm³/mol. The Morgan fingerprint density at radius 1 is 1.41 bits per heavy atom. The van der Waals surface area contributed by atoms with E-state index in [9.17, 15) is 8.78 Å².